The van der Waals surface area contributed by atoms with E-state index < -0.39 is 5.54 Å². The van der Waals surface area contributed by atoms with E-state index in [2.05, 4.69) is 11.1 Å². The van der Waals surface area contributed by atoms with Gasteiger partial charge in [-0.15, -0.1) is 11.3 Å². The lowest BCUT2D eigenvalue weighted by atomic mass is 10.1. The second-order valence-corrected chi connectivity index (χ2v) is 5.07. The molecule has 0 aliphatic rings. The van der Waals surface area contributed by atoms with Crippen molar-refractivity contribution in [3.05, 3.63) is 28.8 Å². The molecular formula is C11H11N3S. The number of hydrogen-bond acceptors (Lipinski definition) is 4. The van der Waals surface area contributed by atoms with Gasteiger partial charge in [-0.05, 0) is 32.0 Å². The minimum Gasteiger partial charge on any atom is -0.320 e. The summed E-state index contributed by atoms with van der Waals surface area (Å²) in [5.74, 6) is 0. The van der Waals surface area contributed by atoms with E-state index in [1.165, 1.54) is 0 Å². The van der Waals surface area contributed by atoms with Crippen molar-refractivity contribution in [1.82, 2.24) is 4.98 Å². The van der Waals surface area contributed by atoms with E-state index >= 15 is 0 Å². The van der Waals surface area contributed by atoms with Crippen molar-refractivity contribution >= 4 is 21.6 Å². The Bertz CT molecular complexity index is 543. The molecule has 0 spiro atoms. The van der Waals surface area contributed by atoms with Crippen molar-refractivity contribution in [2.45, 2.75) is 19.4 Å². The van der Waals surface area contributed by atoms with Gasteiger partial charge in [-0.3, -0.25) is 0 Å². The van der Waals surface area contributed by atoms with Gasteiger partial charge in [0.1, 0.15) is 5.01 Å². The molecule has 0 bridgehead atoms. The molecule has 0 fully saturated rings. The topological polar surface area (TPSA) is 62.7 Å². The molecule has 2 rings (SSSR count). The third-order valence-corrected chi connectivity index (χ3v) is 3.44. The van der Waals surface area contributed by atoms with Crippen LogP contribution in [0, 0.1) is 11.3 Å². The summed E-state index contributed by atoms with van der Waals surface area (Å²) in [6.45, 7) is 3.85. The fourth-order valence-electron chi connectivity index (χ4n) is 1.27. The molecular weight excluding hydrogens is 206 g/mol. The smallest absolute Gasteiger partial charge is 0.113 e. The average molecular weight is 217 g/mol. The molecule has 0 unspecified atom stereocenters. The molecule has 1 heterocycles. The second-order valence-electron chi connectivity index (χ2n) is 4.04. The maximum atomic E-state index is 8.76. The summed E-state index contributed by atoms with van der Waals surface area (Å²) in [5, 5.41) is 9.66. The van der Waals surface area contributed by atoms with E-state index in [-0.39, 0.29) is 0 Å². The molecule has 1 aromatic carbocycles. The van der Waals surface area contributed by atoms with Gasteiger partial charge in [0, 0.05) is 0 Å². The maximum absolute atomic E-state index is 8.76. The monoisotopic (exact) mass is 217 g/mol. The Kier molecular flexibility index (Phi) is 2.22. The van der Waals surface area contributed by atoms with E-state index in [9.17, 15) is 0 Å². The van der Waals surface area contributed by atoms with Crippen molar-refractivity contribution in [2.75, 3.05) is 0 Å². The van der Waals surface area contributed by atoms with Gasteiger partial charge < -0.3 is 5.73 Å². The van der Waals surface area contributed by atoms with Gasteiger partial charge in [0.25, 0.3) is 0 Å². The minimum atomic E-state index is -0.420. The summed E-state index contributed by atoms with van der Waals surface area (Å²) >= 11 is 1.58. The highest BCUT2D eigenvalue weighted by atomic mass is 32.1. The molecule has 3 nitrogen and oxygen atoms in total. The number of nitrogens with two attached hydrogens (primary N) is 1. The van der Waals surface area contributed by atoms with Crippen LogP contribution in [0.2, 0.25) is 0 Å². The highest BCUT2D eigenvalue weighted by Crippen LogP contribution is 2.28. The lowest BCUT2D eigenvalue weighted by Gasteiger charge is -2.13. The first-order chi connectivity index (χ1) is 7.00. The summed E-state index contributed by atoms with van der Waals surface area (Å²) in [7, 11) is 0. The van der Waals surface area contributed by atoms with Crippen LogP contribution < -0.4 is 5.73 Å². The van der Waals surface area contributed by atoms with Gasteiger partial charge in [0.05, 0.1) is 27.4 Å². The Hall–Kier alpha value is -1.44. The summed E-state index contributed by atoms with van der Waals surface area (Å²) in [4.78, 5) is 4.44. The predicted molar refractivity (Wildman–Crippen MR) is 61.5 cm³/mol. The fourth-order valence-corrected chi connectivity index (χ4v) is 2.23. The number of aromatic nitrogens is 1. The Balaban J connectivity index is 2.62. The number of rotatable bonds is 1. The fraction of sp³-hybridized carbons (Fsp3) is 0.273. The predicted octanol–water partition coefficient (Wildman–Crippen LogP) is 2.36. The van der Waals surface area contributed by atoms with Crippen molar-refractivity contribution in [3.63, 3.8) is 0 Å². The van der Waals surface area contributed by atoms with Crippen LogP contribution in [0.4, 0.5) is 0 Å². The normalized spacial score (nSPS) is 11.6. The van der Waals surface area contributed by atoms with Crippen LogP contribution in [0.1, 0.15) is 24.4 Å². The van der Waals surface area contributed by atoms with Gasteiger partial charge in [0.2, 0.25) is 0 Å². The lowest BCUT2D eigenvalue weighted by Crippen LogP contribution is -2.28. The molecule has 4 heteroatoms. The molecule has 2 aromatic rings. The first kappa shape index (κ1) is 10.1. The Morgan fingerprint density at radius 1 is 1.47 bits per heavy atom. The average Bonchev–Trinajstić information content (AvgIpc) is 2.59. The Morgan fingerprint density at radius 3 is 2.80 bits per heavy atom. The van der Waals surface area contributed by atoms with Crippen LogP contribution >= 0.6 is 11.3 Å². The van der Waals surface area contributed by atoms with Crippen molar-refractivity contribution in [3.8, 4) is 6.07 Å². The van der Waals surface area contributed by atoms with Gasteiger partial charge >= 0.3 is 0 Å². The molecule has 15 heavy (non-hydrogen) atoms. The molecule has 0 amide bonds. The molecule has 0 saturated carbocycles. The zero-order valence-electron chi connectivity index (χ0n) is 8.61. The van der Waals surface area contributed by atoms with Crippen LogP contribution in [-0.2, 0) is 5.54 Å². The number of fused-ring (bicyclic) bond motifs is 1. The van der Waals surface area contributed by atoms with E-state index in [1.54, 1.807) is 23.5 Å². The van der Waals surface area contributed by atoms with E-state index in [0.717, 1.165) is 15.2 Å². The lowest BCUT2D eigenvalue weighted by molar-refractivity contribution is 0.551. The third-order valence-electron chi connectivity index (χ3n) is 2.07. The second kappa shape index (κ2) is 3.30. The third kappa shape index (κ3) is 1.84. The van der Waals surface area contributed by atoms with E-state index in [4.69, 9.17) is 11.0 Å². The van der Waals surface area contributed by atoms with Gasteiger partial charge in [-0.1, -0.05) is 0 Å². The zero-order valence-corrected chi connectivity index (χ0v) is 9.43. The quantitative estimate of drug-likeness (QED) is 0.797. The maximum Gasteiger partial charge on any atom is 0.113 e. The molecule has 0 aliphatic heterocycles. The molecule has 76 valence electrons. The largest absolute Gasteiger partial charge is 0.320 e. The highest BCUT2D eigenvalue weighted by molar-refractivity contribution is 7.18. The van der Waals surface area contributed by atoms with Crippen LogP contribution in [0.3, 0.4) is 0 Å². The van der Waals surface area contributed by atoms with E-state index in [1.807, 2.05) is 19.9 Å². The molecule has 1 aromatic heterocycles. The first-order valence-electron chi connectivity index (χ1n) is 4.61. The summed E-state index contributed by atoms with van der Waals surface area (Å²) in [6, 6.07) is 7.61. The van der Waals surface area contributed by atoms with E-state index in [0.29, 0.717) is 5.56 Å². The SMILES string of the molecule is CC(C)(N)c1nc2cc(C#N)ccc2s1. The van der Waals surface area contributed by atoms with Crippen LogP contribution in [-0.4, -0.2) is 4.98 Å². The number of nitrogens with zero attached hydrogens (tertiary/aromatic N) is 2. The molecule has 0 saturated heterocycles. The number of benzene rings is 1. The van der Waals surface area contributed by atoms with Crippen LogP contribution in [0.5, 0.6) is 0 Å². The first-order valence-corrected chi connectivity index (χ1v) is 5.42. The van der Waals surface area contributed by atoms with Crippen molar-refractivity contribution < 1.29 is 0 Å². The number of hydrogen-bond donors (Lipinski definition) is 1. The van der Waals surface area contributed by atoms with Crippen LogP contribution in [0.25, 0.3) is 10.2 Å². The van der Waals surface area contributed by atoms with Gasteiger partial charge in [-0.25, -0.2) is 4.98 Å². The summed E-state index contributed by atoms with van der Waals surface area (Å²) in [5.41, 5.74) is 7.04. The number of thiazole rings is 1. The summed E-state index contributed by atoms with van der Waals surface area (Å²) in [6.07, 6.45) is 0. The molecule has 0 radical (unpaired) electrons. The molecule has 2 N–H and O–H groups in total. The summed E-state index contributed by atoms with van der Waals surface area (Å²) < 4.78 is 1.07. The van der Waals surface area contributed by atoms with Gasteiger partial charge in [0.15, 0.2) is 0 Å². The zero-order chi connectivity index (χ0) is 11.1. The van der Waals surface area contributed by atoms with Crippen molar-refractivity contribution in [1.29, 1.82) is 5.26 Å². The molecule has 0 atom stereocenters. The number of nitriles is 1. The van der Waals surface area contributed by atoms with Crippen LogP contribution in [0.15, 0.2) is 18.2 Å². The molecule has 0 aliphatic carbocycles. The van der Waals surface area contributed by atoms with Crippen molar-refractivity contribution in [2.24, 2.45) is 5.73 Å². The Morgan fingerprint density at radius 2 is 2.20 bits per heavy atom. The van der Waals surface area contributed by atoms with Gasteiger partial charge in [-0.2, -0.15) is 5.26 Å². The standard InChI is InChI=1S/C11H11N3S/c1-11(2,13)10-14-8-5-7(6-12)3-4-9(8)15-10/h3-5H,13H2,1-2H3. The highest BCUT2D eigenvalue weighted by Gasteiger charge is 2.19. The Labute approximate surface area is 92.2 Å². The minimum absolute atomic E-state index is 0.420.